The number of amides is 2. The Kier molecular flexibility index (Phi) is 6.13. The second-order valence-corrected chi connectivity index (χ2v) is 6.98. The maximum absolute atomic E-state index is 12.2. The Morgan fingerprint density at radius 2 is 2.11 bits per heavy atom. The summed E-state index contributed by atoms with van der Waals surface area (Å²) < 4.78 is 11.5. The summed E-state index contributed by atoms with van der Waals surface area (Å²) in [6.07, 6.45) is 0.200. The van der Waals surface area contributed by atoms with Gasteiger partial charge in [0.25, 0.3) is 5.91 Å². The van der Waals surface area contributed by atoms with E-state index in [-0.39, 0.29) is 30.8 Å². The van der Waals surface area contributed by atoms with Crippen LogP contribution < -0.4 is 15.4 Å². The molecule has 0 fully saturated rings. The zero-order valence-corrected chi connectivity index (χ0v) is 16.1. The van der Waals surface area contributed by atoms with E-state index in [0.717, 1.165) is 5.39 Å². The van der Waals surface area contributed by atoms with Gasteiger partial charge in [-0.25, -0.2) is 0 Å². The molecule has 2 amide bonds. The predicted octanol–water partition coefficient (Wildman–Crippen LogP) is 3.89. The van der Waals surface area contributed by atoms with Crippen molar-refractivity contribution in [1.29, 1.82) is 0 Å². The van der Waals surface area contributed by atoms with Crippen molar-refractivity contribution >= 4 is 34.1 Å². The molecule has 0 aliphatic heterocycles. The highest BCUT2D eigenvalue weighted by molar-refractivity contribution is 7.12. The highest BCUT2D eigenvalue weighted by Gasteiger charge is 2.16. The number of rotatable bonds is 8. The average Bonchev–Trinajstić information content (AvgIpc) is 3.32. The van der Waals surface area contributed by atoms with Gasteiger partial charge in [-0.3, -0.25) is 9.59 Å². The maximum atomic E-state index is 12.2. The van der Waals surface area contributed by atoms with Crippen LogP contribution in [-0.4, -0.2) is 25.0 Å². The van der Waals surface area contributed by atoms with Crippen LogP contribution in [0, 0.1) is 0 Å². The van der Waals surface area contributed by atoms with E-state index in [4.69, 9.17) is 9.15 Å². The fourth-order valence-corrected chi connectivity index (χ4v) is 3.35. The molecule has 0 aliphatic carbocycles. The highest BCUT2D eigenvalue weighted by Crippen LogP contribution is 2.31. The van der Waals surface area contributed by atoms with Gasteiger partial charge in [-0.2, -0.15) is 0 Å². The molecule has 27 heavy (non-hydrogen) atoms. The number of benzene rings is 1. The molecule has 3 aromatic rings. The molecule has 0 saturated carbocycles. The first-order valence-electron chi connectivity index (χ1n) is 8.84. The zero-order chi connectivity index (χ0) is 19.2. The van der Waals surface area contributed by atoms with Crippen molar-refractivity contribution in [3.05, 3.63) is 52.4 Å². The van der Waals surface area contributed by atoms with Gasteiger partial charge >= 0.3 is 0 Å². The number of hydrogen-bond donors (Lipinski definition) is 2. The second-order valence-electron chi connectivity index (χ2n) is 6.03. The van der Waals surface area contributed by atoms with E-state index in [1.54, 1.807) is 6.07 Å². The predicted molar refractivity (Wildman–Crippen MR) is 105 cm³/mol. The summed E-state index contributed by atoms with van der Waals surface area (Å²) in [5.74, 6) is 1.04. The molecule has 6 nitrogen and oxygen atoms in total. The van der Waals surface area contributed by atoms with Gasteiger partial charge in [0, 0.05) is 18.4 Å². The fraction of sp³-hybridized carbons (Fsp3) is 0.300. The molecule has 1 unspecified atom stereocenters. The molecule has 0 bridgehead atoms. The van der Waals surface area contributed by atoms with Crippen molar-refractivity contribution < 1.29 is 18.7 Å². The number of fused-ring (bicyclic) bond motifs is 1. The maximum Gasteiger partial charge on any atom is 0.261 e. The zero-order valence-electron chi connectivity index (χ0n) is 15.3. The smallest absolute Gasteiger partial charge is 0.261 e. The lowest BCUT2D eigenvalue weighted by Gasteiger charge is -2.11. The summed E-state index contributed by atoms with van der Waals surface area (Å²) in [5.41, 5.74) is 0.679. The summed E-state index contributed by atoms with van der Waals surface area (Å²) >= 11 is 1.37. The fourth-order valence-electron chi connectivity index (χ4n) is 2.71. The molecular formula is C20H22N2O4S. The Balaban J connectivity index is 1.54. The minimum Gasteiger partial charge on any atom is -0.490 e. The summed E-state index contributed by atoms with van der Waals surface area (Å²) in [4.78, 5) is 24.6. The van der Waals surface area contributed by atoms with Crippen LogP contribution in [0.1, 0.15) is 41.7 Å². The number of thiophene rings is 1. The number of furan rings is 1. The summed E-state index contributed by atoms with van der Waals surface area (Å²) in [6.45, 7) is 4.62. The van der Waals surface area contributed by atoms with E-state index in [0.29, 0.717) is 28.6 Å². The molecule has 0 spiro atoms. The minimum absolute atomic E-state index is 0.153. The van der Waals surface area contributed by atoms with Crippen molar-refractivity contribution in [2.75, 3.05) is 13.2 Å². The normalized spacial score (nSPS) is 11.9. The van der Waals surface area contributed by atoms with Gasteiger partial charge in [-0.05, 0) is 37.4 Å². The van der Waals surface area contributed by atoms with Crippen LogP contribution >= 0.6 is 11.3 Å². The largest absolute Gasteiger partial charge is 0.490 e. The van der Waals surface area contributed by atoms with Crippen LogP contribution in [0.4, 0.5) is 0 Å². The van der Waals surface area contributed by atoms with Crippen molar-refractivity contribution in [2.45, 2.75) is 26.3 Å². The number of carbonyl (C=O) groups excluding carboxylic acids is 2. The van der Waals surface area contributed by atoms with E-state index in [1.807, 2.05) is 49.6 Å². The van der Waals surface area contributed by atoms with Gasteiger partial charge < -0.3 is 19.8 Å². The number of hydrogen-bond acceptors (Lipinski definition) is 5. The van der Waals surface area contributed by atoms with Gasteiger partial charge in [-0.15, -0.1) is 11.3 Å². The van der Waals surface area contributed by atoms with Crippen LogP contribution in [0.5, 0.6) is 5.75 Å². The monoisotopic (exact) mass is 386 g/mol. The summed E-state index contributed by atoms with van der Waals surface area (Å²) in [6, 6.07) is 10.9. The van der Waals surface area contributed by atoms with Gasteiger partial charge in [0.05, 0.1) is 17.5 Å². The lowest BCUT2D eigenvalue weighted by atomic mass is 10.2. The van der Waals surface area contributed by atoms with Crippen LogP contribution in [-0.2, 0) is 4.79 Å². The lowest BCUT2D eigenvalue weighted by Crippen LogP contribution is -2.31. The quantitative estimate of drug-likeness (QED) is 0.615. The van der Waals surface area contributed by atoms with Gasteiger partial charge in [0.15, 0.2) is 11.3 Å². The van der Waals surface area contributed by atoms with Crippen molar-refractivity contribution in [3.63, 3.8) is 0 Å². The molecule has 2 N–H and O–H groups in total. The Hall–Kier alpha value is -2.80. The molecule has 1 atom stereocenters. The first-order chi connectivity index (χ1) is 13.1. The Labute approximate surface area is 161 Å². The van der Waals surface area contributed by atoms with Crippen LogP contribution in [0.25, 0.3) is 11.0 Å². The number of nitrogens with one attached hydrogen (secondary N) is 2. The number of ether oxygens (including phenoxy) is 1. The highest BCUT2D eigenvalue weighted by atomic mass is 32.1. The van der Waals surface area contributed by atoms with Gasteiger partial charge in [0.1, 0.15) is 5.76 Å². The molecular weight excluding hydrogens is 364 g/mol. The number of carbonyl (C=O) groups is 2. The Morgan fingerprint density at radius 3 is 2.85 bits per heavy atom. The van der Waals surface area contributed by atoms with Crippen LogP contribution in [0.3, 0.4) is 0 Å². The van der Waals surface area contributed by atoms with Crippen molar-refractivity contribution in [3.8, 4) is 5.75 Å². The average molecular weight is 386 g/mol. The molecule has 0 saturated heterocycles. The molecule has 2 aromatic heterocycles. The van der Waals surface area contributed by atoms with Crippen LogP contribution in [0.15, 0.2) is 46.2 Å². The van der Waals surface area contributed by atoms with Gasteiger partial charge in [0.2, 0.25) is 5.91 Å². The Morgan fingerprint density at radius 1 is 1.26 bits per heavy atom. The standard InChI is InChI=1S/C20H22N2O4S/c1-3-25-15-7-4-6-14-12-16(26-19(14)15)13(2)22-18(23)9-10-21-20(24)17-8-5-11-27-17/h4-8,11-13H,3,9-10H2,1-2H3,(H,21,24)(H,22,23). The van der Waals surface area contributed by atoms with Crippen molar-refractivity contribution in [1.82, 2.24) is 10.6 Å². The summed E-state index contributed by atoms with van der Waals surface area (Å²) in [7, 11) is 0. The molecule has 3 rings (SSSR count). The van der Waals surface area contributed by atoms with E-state index >= 15 is 0 Å². The third-order valence-corrected chi connectivity index (χ3v) is 4.88. The van der Waals surface area contributed by atoms with E-state index in [9.17, 15) is 9.59 Å². The van der Waals surface area contributed by atoms with Gasteiger partial charge in [-0.1, -0.05) is 18.2 Å². The van der Waals surface area contributed by atoms with Crippen LogP contribution in [0.2, 0.25) is 0 Å². The molecule has 142 valence electrons. The second kappa shape index (κ2) is 8.73. The van der Waals surface area contributed by atoms with E-state index in [1.165, 1.54) is 11.3 Å². The SMILES string of the molecule is CCOc1cccc2cc(C(C)NC(=O)CCNC(=O)c3cccs3)oc12. The first-order valence-corrected chi connectivity index (χ1v) is 9.72. The van der Waals surface area contributed by atoms with E-state index in [2.05, 4.69) is 10.6 Å². The molecule has 0 aliphatic rings. The molecule has 7 heteroatoms. The topological polar surface area (TPSA) is 80.6 Å². The molecule has 0 radical (unpaired) electrons. The van der Waals surface area contributed by atoms with E-state index < -0.39 is 0 Å². The summed E-state index contributed by atoms with van der Waals surface area (Å²) in [5, 5.41) is 8.41. The Bertz CT molecular complexity index is 917. The molecule has 2 heterocycles. The van der Waals surface area contributed by atoms with Crippen molar-refractivity contribution in [2.24, 2.45) is 0 Å². The lowest BCUT2D eigenvalue weighted by molar-refractivity contribution is -0.121. The number of para-hydroxylation sites is 1. The third-order valence-electron chi connectivity index (χ3n) is 4.01. The third kappa shape index (κ3) is 4.68. The minimum atomic E-state index is -0.285. The molecule has 1 aromatic carbocycles. The first kappa shape index (κ1) is 19.0.